The van der Waals surface area contributed by atoms with Crippen molar-refractivity contribution >= 4 is 59.0 Å². The Morgan fingerprint density at radius 1 is 0.611 bits per heavy atom. The quantitative estimate of drug-likeness (QED) is 0.244. The molecule has 4 nitrogen and oxygen atoms in total. The van der Waals surface area contributed by atoms with Crippen LogP contribution in [0.15, 0.2) is 24.3 Å². The van der Waals surface area contributed by atoms with E-state index in [0.29, 0.717) is 6.42 Å². The first kappa shape index (κ1) is 28.3. The summed E-state index contributed by atoms with van der Waals surface area (Å²) in [5, 5.41) is 0. The van der Waals surface area contributed by atoms with Crippen LogP contribution in [0.5, 0.6) is 11.5 Å². The van der Waals surface area contributed by atoms with E-state index in [4.69, 9.17) is 9.47 Å². The van der Waals surface area contributed by atoms with Crippen LogP contribution in [-0.4, -0.2) is 59.0 Å². The van der Waals surface area contributed by atoms with Gasteiger partial charge in [0, 0.05) is 0 Å². The molecule has 36 heavy (non-hydrogen) atoms. The van der Waals surface area contributed by atoms with E-state index in [1.807, 2.05) is 0 Å². The largest absolute Gasteiger partial charge is 0.426 e. The maximum Gasteiger partial charge on any atom is 0.314 e. The normalized spacial score (nSPS) is 17.4. The summed E-state index contributed by atoms with van der Waals surface area (Å²) in [4.78, 5) is 26.6. The summed E-state index contributed by atoms with van der Waals surface area (Å²) in [6.45, 7) is 0. The molecular formula is C26H38B6O4. The summed E-state index contributed by atoms with van der Waals surface area (Å²) < 4.78 is 12.1. The van der Waals surface area contributed by atoms with E-state index in [9.17, 15) is 9.59 Å². The summed E-state index contributed by atoms with van der Waals surface area (Å²) in [6.07, 6.45) is 8.02. The number of benzene rings is 2. The highest BCUT2D eigenvalue weighted by atomic mass is 16.5. The second-order valence-electron chi connectivity index (χ2n) is 10.0. The maximum absolute atomic E-state index is 13.3. The first-order chi connectivity index (χ1) is 17.4. The fraction of sp³-hybridized carbons (Fsp3) is 0.462. The highest BCUT2D eigenvalue weighted by Gasteiger charge is 2.34. The van der Waals surface area contributed by atoms with E-state index in [1.54, 1.807) is 0 Å². The number of hydrogen-bond acceptors (Lipinski definition) is 4. The zero-order chi connectivity index (χ0) is 26.2. The number of ether oxygens (including phenoxy) is 2. The third-order valence-corrected chi connectivity index (χ3v) is 7.69. The van der Waals surface area contributed by atoms with Crippen LogP contribution in [-0.2, 0) is 47.5 Å². The lowest BCUT2D eigenvalue weighted by Gasteiger charge is -2.27. The van der Waals surface area contributed by atoms with Crippen molar-refractivity contribution in [3.8, 4) is 11.5 Å². The van der Waals surface area contributed by atoms with Crippen molar-refractivity contribution in [2.75, 3.05) is 0 Å². The number of hydrogen-bond donors (Lipinski definition) is 0. The SMILES string of the molecule is BCc1cc(CB)c(OC(=O)C2CCCC(C(=O)Oc3c(CB)cc(CB)cc3CB)C2)c(CB)c1. The number of rotatable bonds is 10. The van der Waals surface area contributed by atoms with Gasteiger partial charge >= 0.3 is 11.9 Å². The minimum Gasteiger partial charge on any atom is -0.426 e. The summed E-state index contributed by atoms with van der Waals surface area (Å²) in [7, 11) is 12.7. The molecule has 0 aliphatic heterocycles. The standard InChI is InChI=1S/C26H38B6O4/c27-9-15-4-19(11-29)23(20(5-15)12-30)35-25(33)17-2-1-3-18(8-17)26(34)36-24-21(13-31)6-16(10-28)7-22(24)14-32/h4-7,17-18H,1-3,8-14,27-32H2. The predicted molar refractivity (Wildman–Crippen MR) is 163 cm³/mol. The lowest BCUT2D eigenvalue weighted by atomic mass is 9.81. The predicted octanol–water partition coefficient (Wildman–Crippen LogP) is -1.20. The Hall–Kier alpha value is -2.23. The molecule has 0 amide bonds. The van der Waals surface area contributed by atoms with Gasteiger partial charge in [-0.2, -0.15) is 0 Å². The molecule has 2 atom stereocenters. The summed E-state index contributed by atoms with van der Waals surface area (Å²) in [5.41, 5.74) is 6.88. The molecule has 0 heterocycles. The number of carbonyl (C=O) groups is 2. The zero-order valence-electron chi connectivity index (χ0n) is 23.2. The third kappa shape index (κ3) is 6.55. The van der Waals surface area contributed by atoms with Crippen molar-refractivity contribution in [1.29, 1.82) is 0 Å². The fourth-order valence-corrected chi connectivity index (χ4v) is 5.36. The molecule has 184 valence electrons. The van der Waals surface area contributed by atoms with Crippen LogP contribution < -0.4 is 9.47 Å². The molecule has 1 fully saturated rings. The van der Waals surface area contributed by atoms with Gasteiger partial charge in [0.1, 0.15) is 58.6 Å². The first-order valence-corrected chi connectivity index (χ1v) is 14.1. The van der Waals surface area contributed by atoms with Crippen LogP contribution in [0.4, 0.5) is 0 Å². The van der Waals surface area contributed by atoms with Crippen molar-refractivity contribution in [2.45, 2.75) is 63.6 Å². The van der Waals surface area contributed by atoms with E-state index in [2.05, 4.69) is 71.3 Å². The van der Waals surface area contributed by atoms with Crippen molar-refractivity contribution in [3.05, 3.63) is 57.6 Å². The molecule has 3 rings (SSSR count). The second kappa shape index (κ2) is 13.4. The molecule has 1 aliphatic carbocycles. The molecule has 0 bridgehead atoms. The molecule has 2 aromatic rings. The van der Waals surface area contributed by atoms with Crippen LogP contribution in [0.2, 0.25) is 0 Å². The van der Waals surface area contributed by atoms with Gasteiger partial charge in [-0.15, -0.1) is 0 Å². The van der Waals surface area contributed by atoms with Crippen LogP contribution in [0.25, 0.3) is 0 Å². The molecule has 1 aliphatic rings. The summed E-state index contributed by atoms with van der Waals surface area (Å²) in [5.74, 6) is 0.464. The van der Waals surface area contributed by atoms with E-state index in [-0.39, 0.29) is 23.8 Å². The molecule has 2 aromatic carbocycles. The molecular weight excluding hydrogens is 441 g/mol. The first-order valence-electron chi connectivity index (χ1n) is 14.1. The van der Waals surface area contributed by atoms with Crippen LogP contribution in [0, 0.1) is 11.8 Å². The Balaban J connectivity index is 1.75. The molecule has 0 saturated heterocycles. The van der Waals surface area contributed by atoms with Gasteiger partial charge in [0.05, 0.1) is 11.8 Å². The highest BCUT2D eigenvalue weighted by molar-refractivity contribution is 6.11. The fourth-order valence-electron chi connectivity index (χ4n) is 5.36. The molecule has 2 unspecified atom stereocenters. The third-order valence-electron chi connectivity index (χ3n) is 7.69. The average Bonchev–Trinajstić information content (AvgIpc) is 2.92. The number of carbonyl (C=O) groups excluding carboxylic acids is 2. The molecule has 0 N–H and O–H groups in total. The Morgan fingerprint density at radius 2 is 0.944 bits per heavy atom. The van der Waals surface area contributed by atoms with Gasteiger partial charge in [-0.1, -0.05) is 79.7 Å². The van der Waals surface area contributed by atoms with E-state index < -0.39 is 0 Å². The molecule has 0 radical (unpaired) electrons. The molecule has 10 heteroatoms. The minimum absolute atomic E-state index is 0.211. The summed E-state index contributed by atoms with van der Waals surface area (Å²) >= 11 is 0. The van der Waals surface area contributed by atoms with Gasteiger partial charge in [0.2, 0.25) is 0 Å². The van der Waals surface area contributed by atoms with Gasteiger partial charge < -0.3 is 9.47 Å². The topological polar surface area (TPSA) is 52.6 Å². The number of esters is 2. The minimum atomic E-state index is -0.282. The van der Waals surface area contributed by atoms with Gasteiger partial charge in [-0.25, -0.2) is 0 Å². The maximum atomic E-state index is 13.3. The average molecular weight is 479 g/mol. The molecule has 0 aromatic heterocycles. The zero-order valence-corrected chi connectivity index (χ0v) is 23.2. The Kier molecular flexibility index (Phi) is 10.5. The van der Waals surface area contributed by atoms with Crippen LogP contribution >= 0.6 is 0 Å². The smallest absolute Gasteiger partial charge is 0.314 e. The highest BCUT2D eigenvalue weighted by Crippen LogP contribution is 2.35. The van der Waals surface area contributed by atoms with Gasteiger partial charge in [0.15, 0.2) is 0 Å². The monoisotopic (exact) mass is 480 g/mol. The lowest BCUT2D eigenvalue weighted by molar-refractivity contribution is -0.145. The second-order valence-corrected chi connectivity index (χ2v) is 10.0. The lowest BCUT2D eigenvalue weighted by Crippen LogP contribution is -2.32. The Labute approximate surface area is 222 Å². The van der Waals surface area contributed by atoms with E-state index in [1.165, 1.54) is 11.1 Å². The van der Waals surface area contributed by atoms with E-state index >= 15 is 0 Å². The van der Waals surface area contributed by atoms with Crippen LogP contribution in [0.1, 0.15) is 59.1 Å². The van der Waals surface area contributed by atoms with Crippen molar-refractivity contribution in [2.24, 2.45) is 11.8 Å². The van der Waals surface area contributed by atoms with Crippen molar-refractivity contribution < 1.29 is 19.1 Å². The van der Waals surface area contributed by atoms with E-state index in [0.717, 1.165) is 90.9 Å². The van der Waals surface area contributed by atoms with Gasteiger partial charge in [-0.3, -0.25) is 9.59 Å². The molecule has 1 saturated carbocycles. The van der Waals surface area contributed by atoms with Crippen molar-refractivity contribution in [3.63, 3.8) is 0 Å². The van der Waals surface area contributed by atoms with Crippen molar-refractivity contribution in [1.82, 2.24) is 0 Å². The summed E-state index contributed by atoms with van der Waals surface area (Å²) in [6, 6.07) is 8.62. The Bertz CT molecular complexity index is 957. The van der Waals surface area contributed by atoms with Gasteiger partial charge in [0.25, 0.3) is 0 Å². The molecule has 0 spiro atoms. The van der Waals surface area contributed by atoms with Crippen LogP contribution in [0.3, 0.4) is 0 Å². The Morgan fingerprint density at radius 3 is 1.22 bits per heavy atom. The van der Waals surface area contributed by atoms with Gasteiger partial charge in [-0.05, 0) is 41.5 Å².